The van der Waals surface area contributed by atoms with Crippen LogP contribution in [-0.2, 0) is 0 Å². The fourth-order valence-electron chi connectivity index (χ4n) is 1.75. The summed E-state index contributed by atoms with van der Waals surface area (Å²) in [5.74, 6) is 1.10. The topological polar surface area (TPSA) is 49.5 Å². The molecule has 0 radical (unpaired) electrons. The summed E-state index contributed by atoms with van der Waals surface area (Å²) in [6, 6.07) is 0. The fourth-order valence-corrected chi connectivity index (χ4v) is 1.75. The van der Waals surface area contributed by atoms with Crippen LogP contribution >= 0.6 is 0 Å². The molecule has 0 aromatic heterocycles. The Balaban J connectivity index is 2.30. The maximum absolute atomic E-state index is 8.96. The van der Waals surface area contributed by atoms with Crippen LogP contribution in [0, 0.1) is 11.8 Å². The van der Waals surface area contributed by atoms with Crippen molar-refractivity contribution in [2.24, 2.45) is 17.6 Å². The lowest BCUT2D eigenvalue weighted by atomic mass is 10.00. The lowest BCUT2D eigenvalue weighted by Gasteiger charge is -2.12. The van der Waals surface area contributed by atoms with Crippen LogP contribution in [0.2, 0.25) is 0 Å². The van der Waals surface area contributed by atoms with E-state index in [2.05, 4.69) is 11.8 Å². The number of aliphatic hydroxyl groups excluding tert-OH is 1. The van der Waals surface area contributed by atoms with Crippen molar-refractivity contribution in [2.75, 3.05) is 32.8 Å². The Morgan fingerprint density at radius 1 is 1.55 bits per heavy atom. The number of hydrogen-bond donors (Lipinski definition) is 2. The van der Waals surface area contributed by atoms with Crippen molar-refractivity contribution in [1.29, 1.82) is 0 Å². The first-order valence-corrected chi connectivity index (χ1v) is 4.31. The Kier molecular flexibility index (Phi) is 3.30. The number of rotatable bonds is 3. The first-order valence-electron chi connectivity index (χ1n) is 4.31. The summed E-state index contributed by atoms with van der Waals surface area (Å²) in [6.07, 6.45) is 0. The van der Waals surface area contributed by atoms with Crippen LogP contribution in [0.15, 0.2) is 0 Å². The molecule has 1 rings (SSSR count). The second-order valence-corrected chi connectivity index (χ2v) is 3.47. The Morgan fingerprint density at radius 2 is 2.27 bits per heavy atom. The first kappa shape index (κ1) is 8.97. The molecule has 11 heavy (non-hydrogen) atoms. The van der Waals surface area contributed by atoms with Gasteiger partial charge in [0.15, 0.2) is 0 Å². The fraction of sp³-hybridized carbons (Fsp3) is 1.00. The monoisotopic (exact) mass is 158 g/mol. The molecule has 66 valence electrons. The Hall–Kier alpha value is -0.120. The van der Waals surface area contributed by atoms with Crippen molar-refractivity contribution in [2.45, 2.75) is 6.92 Å². The van der Waals surface area contributed by atoms with E-state index < -0.39 is 0 Å². The van der Waals surface area contributed by atoms with Crippen molar-refractivity contribution in [3.05, 3.63) is 0 Å². The standard InChI is InChI=1S/C8H18N2O/c1-7-4-10(3-2-9)5-8(7)6-11/h7-8,11H,2-6,9H2,1H3/t7-,8+/m0/s1. The van der Waals surface area contributed by atoms with Crippen molar-refractivity contribution in [3.8, 4) is 0 Å². The van der Waals surface area contributed by atoms with E-state index in [9.17, 15) is 0 Å². The normalized spacial score (nSPS) is 33.0. The van der Waals surface area contributed by atoms with Crippen LogP contribution < -0.4 is 5.73 Å². The molecular formula is C8H18N2O. The van der Waals surface area contributed by atoms with Crippen LogP contribution in [0.3, 0.4) is 0 Å². The number of nitrogens with two attached hydrogens (primary N) is 1. The van der Waals surface area contributed by atoms with Gasteiger partial charge in [-0.25, -0.2) is 0 Å². The molecule has 3 N–H and O–H groups in total. The molecule has 1 aliphatic heterocycles. The molecule has 3 heteroatoms. The van der Waals surface area contributed by atoms with Crippen molar-refractivity contribution >= 4 is 0 Å². The largest absolute Gasteiger partial charge is 0.396 e. The van der Waals surface area contributed by atoms with Gasteiger partial charge in [-0.1, -0.05) is 6.92 Å². The Bertz CT molecular complexity index is 119. The zero-order valence-corrected chi connectivity index (χ0v) is 7.16. The van der Waals surface area contributed by atoms with E-state index in [1.807, 2.05) is 0 Å². The summed E-state index contributed by atoms with van der Waals surface area (Å²) < 4.78 is 0. The smallest absolute Gasteiger partial charge is 0.0474 e. The maximum atomic E-state index is 8.96. The summed E-state index contributed by atoms with van der Waals surface area (Å²) in [5.41, 5.74) is 5.44. The minimum atomic E-state index is 0.322. The van der Waals surface area contributed by atoms with Crippen LogP contribution in [0.4, 0.5) is 0 Å². The highest BCUT2D eigenvalue weighted by molar-refractivity contribution is 4.80. The summed E-state index contributed by atoms with van der Waals surface area (Å²) in [5, 5.41) is 8.96. The molecule has 1 saturated heterocycles. The van der Waals surface area contributed by atoms with Gasteiger partial charge in [-0.15, -0.1) is 0 Å². The summed E-state index contributed by atoms with van der Waals surface area (Å²) in [4.78, 5) is 2.32. The number of likely N-dealkylation sites (tertiary alicyclic amines) is 1. The zero-order valence-electron chi connectivity index (χ0n) is 7.16. The Labute approximate surface area is 68.2 Å². The van der Waals surface area contributed by atoms with E-state index in [-0.39, 0.29) is 0 Å². The number of nitrogens with zero attached hydrogens (tertiary/aromatic N) is 1. The average molecular weight is 158 g/mol. The molecule has 0 unspecified atom stereocenters. The van der Waals surface area contributed by atoms with Gasteiger partial charge >= 0.3 is 0 Å². The van der Waals surface area contributed by atoms with E-state index in [1.54, 1.807) is 0 Å². The molecule has 0 amide bonds. The molecule has 1 heterocycles. The number of aliphatic hydroxyl groups is 1. The molecule has 0 saturated carbocycles. The predicted molar refractivity (Wildman–Crippen MR) is 45.2 cm³/mol. The zero-order chi connectivity index (χ0) is 8.27. The van der Waals surface area contributed by atoms with E-state index in [0.717, 1.165) is 26.2 Å². The third-order valence-electron chi connectivity index (χ3n) is 2.52. The molecule has 0 spiro atoms. The SMILES string of the molecule is C[C@H]1CN(CCN)C[C@@H]1CO. The average Bonchev–Trinajstić information content (AvgIpc) is 2.32. The molecule has 3 nitrogen and oxygen atoms in total. The van der Waals surface area contributed by atoms with Crippen molar-refractivity contribution in [1.82, 2.24) is 4.90 Å². The molecule has 1 aliphatic rings. The van der Waals surface area contributed by atoms with Gasteiger partial charge in [0, 0.05) is 32.8 Å². The van der Waals surface area contributed by atoms with E-state index in [0.29, 0.717) is 18.4 Å². The summed E-state index contributed by atoms with van der Waals surface area (Å²) >= 11 is 0. The molecule has 1 fully saturated rings. The van der Waals surface area contributed by atoms with Gasteiger partial charge < -0.3 is 15.7 Å². The van der Waals surface area contributed by atoms with Crippen LogP contribution in [0.5, 0.6) is 0 Å². The molecule has 0 aromatic carbocycles. The molecule has 0 aromatic rings. The second kappa shape index (κ2) is 4.04. The lowest BCUT2D eigenvalue weighted by Crippen LogP contribution is -2.27. The van der Waals surface area contributed by atoms with Crippen LogP contribution in [-0.4, -0.2) is 42.8 Å². The lowest BCUT2D eigenvalue weighted by molar-refractivity contribution is 0.206. The second-order valence-electron chi connectivity index (χ2n) is 3.47. The Morgan fingerprint density at radius 3 is 2.73 bits per heavy atom. The summed E-state index contributed by atoms with van der Waals surface area (Å²) in [7, 11) is 0. The van der Waals surface area contributed by atoms with Gasteiger partial charge in [-0.3, -0.25) is 0 Å². The predicted octanol–water partition coefficient (Wildman–Crippen LogP) is -0.495. The quantitative estimate of drug-likeness (QED) is 0.582. The molecule has 0 bridgehead atoms. The van der Waals surface area contributed by atoms with Gasteiger partial charge in [0.1, 0.15) is 0 Å². The van der Waals surface area contributed by atoms with Crippen molar-refractivity contribution in [3.63, 3.8) is 0 Å². The minimum absolute atomic E-state index is 0.322. The van der Waals surface area contributed by atoms with Crippen LogP contribution in [0.25, 0.3) is 0 Å². The third kappa shape index (κ3) is 2.15. The molecular weight excluding hydrogens is 140 g/mol. The highest BCUT2D eigenvalue weighted by Crippen LogP contribution is 2.21. The van der Waals surface area contributed by atoms with Crippen molar-refractivity contribution < 1.29 is 5.11 Å². The molecule has 0 aliphatic carbocycles. The summed E-state index contributed by atoms with van der Waals surface area (Å²) in [6.45, 7) is 6.34. The first-order chi connectivity index (χ1) is 5.27. The maximum Gasteiger partial charge on any atom is 0.0474 e. The highest BCUT2D eigenvalue weighted by atomic mass is 16.3. The van der Waals surface area contributed by atoms with E-state index in [1.165, 1.54) is 0 Å². The highest BCUT2D eigenvalue weighted by Gasteiger charge is 2.27. The van der Waals surface area contributed by atoms with E-state index in [4.69, 9.17) is 10.8 Å². The molecule has 2 atom stereocenters. The van der Waals surface area contributed by atoms with Gasteiger partial charge in [-0.2, -0.15) is 0 Å². The third-order valence-corrected chi connectivity index (χ3v) is 2.52. The van der Waals surface area contributed by atoms with E-state index >= 15 is 0 Å². The number of hydrogen-bond acceptors (Lipinski definition) is 3. The van der Waals surface area contributed by atoms with Gasteiger partial charge in [0.25, 0.3) is 0 Å². The van der Waals surface area contributed by atoms with Crippen LogP contribution in [0.1, 0.15) is 6.92 Å². The van der Waals surface area contributed by atoms with Gasteiger partial charge in [-0.05, 0) is 11.8 Å². The van der Waals surface area contributed by atoms with Gasteiger partial charge in [0.05, 0.1) is 0 Å². The minimum Gasteiger partial charge on any atom is -0.396 e. The van der Waals surface area contributed by atoms with Gasteiger partial charge in [0.2, 0.25) is 0 Å².